The van der Waals surface area contributed by atoms with Gasteiger partial charge in [-0.3, -0.25) is 0 Å². The van der Waals surface area contributed by atoms with E-state index in [1.165, 1.54) is 0 Å². The highest BCUT2D eigenvalue weighted by molar-refractivity contribution is 6.76. The Morgan fingerprint density at radius 2 is 1.41 bits per heavy atom. The zero-order chi connectivity index (χ0) is 21.9. The number of hydrogen-bond acceptors (Lipinski definition) is 11. The van der Waals surface area contributed by atoms with Crippen LogP contribution in [0.5, 0.6) is 0 Å². The normalized spacial score (nSPS) is 44.1. The zero-order valence-electron chi connectivity index (χ0n) is 17.0. The van der Waals surface area contributed by atoms with E-state index in [1.807, 2.05) is 0 Å². The summed E-state index contributed by atoms with van der Waals surface area (Å²) in [4.78, 5) is 0. The van der Waals surface area contributed by atoms with Gasteiger partial charge >= 0.3 is 0 Å². The maximum Gasteiger partial charge on any atom is 0.186 e. The second-order valence-electron chi connectivity index (χ2n) is 8.77. The van der Waals surface area contributed by atoms with Crippen LogP contribution in [0.4, 0.5) is 0 Å². The van der Waals surface area contributed by atoms with Crippen LogP contribution in [-0.2, 0) is 18.9 Å². The summed E-state index contributed by atoms with van der Waals surface area (Å²) in [5, 5.41) is 59.8. The Morgan fingerprint density at radius 3 is 1.97 bits per heavy atom. The van der Waals surface area contributed by atoms with Gasteiger partial charge in [-0.25, -0.2) is 0 Å². The molecule has 2 aliphatic heterocycles. The first-order valence-corrected chi connectivity index (χ1v) is 13.5. The number of aliphatic hydroxyl groups is 6. The van der Waals surface area contributed by atoms with Crippen molar-refractivity contribution in [1.29, 1.82) is 0 Å². The number of hydrogen-bond donors (Lipinski definition) is 7. The third-order valence-electron chi connectivity index (χ3n) is 5.17. The minimum atomic E-state index is -1.50. The van der Waals surface area contributed by atoms with Crippen LogP contribution in [-0.4, -0.2) is 120 Å². The molecule has 2 heterocycles. The average Bonchev–Trinajstić information content (AvgIpc) is 2.66. The summed E-state index contributed by atoms with van der Waals surface area (Å²) in [6, 6.07) is -0.366. The summed E-state index contributed by atoms with van der Waals surface area (Å²) in [6.07, 6.45) is -11.7. The molecule has 0 aromatic carbocycles. The predicted octanol–water partition coefficient (Wildman–Crippen LogP) is -3.07. The maximum atomic E-state index is 10.5. The Bertz CT molecular complexity index is 505. The molecule has 0 saturated carbocycles. The first-order valence-electron chi connectivity index (χ1n) is 9.77. The van der Waals surface area contributed by atoms with Crippen LogP contribution < -0.4 is 5.73 Å². The first-order chi connectivity index (χ1) is 13.5. The van der Waals surface area contributed by atoms with E-state index in [4.69, 9.17) is 24.7 Å². The van der Waals surface area contributed by atoms with E-state index in [1.54, 1.807) is 0 Å². The Labute approximate surface area is 171 Å². The lowest BCUT2D eigenvalue weighted by Crippen LogP contribution is -2.66. The quantitative estimate of drug-likeness (QED) is 0.190. The van der Waals surface area contributed by atoms with Gasteiger partial charge in [-0.05, 0) is 6.04 Å². The number of rotatable bonds is 8. The van der Waals surface area contributed by atoms with E-state index in [0.29, 0.717) is 6.61 Å². The van der Waals surface area contributed by atoms with Crippen molar-refractivity contribution < 1.29 is 49.6 Å². The molecular formula is C17H35NO10Si. The molecule has 10 atom stereocenters. The molecule has 8 N–H and O–H groups in total. The topological polar surface area (TPSA) is 184 Å². The molecule has 2 aliphatic rings. The van der Waals surface area contributed by atoms with E-state index in [9.17, 15) is 30.6 Å². The Morgan fingerprint density at radius 1 is 0.828 bits per heavy atom. The second-order valence-corrected chi connectivity index (χ2v) is 14.4. The summed E-state index contributed by atoms with van der Waals surface area (Å²) < 4.78 is 22.1. The first kappa shape index (κ1) is 25.0. The molecule has 0 spiro atoms. The highest BCUT2D eigenvalue weighted by Gasteiger charge is 2.50. The van der Waals surface area contributed by atoms with Gasteiger partial charge in [0.15, 0.2) is 12.6 Å². The molecule has 0 bridgehead atoms. The van der Waals surface area contributed by atoms with Crippen molar-refractivity contribution in [2.45, 2.75) is 87.0 Å². The van der Waals surface area contributed by atoms with E-state index < -0.39 is 82.6 Å². The molecule has 29 heavy (non-hydrogen) atoms. The summed E-state index contributed by atoms with van der Waals surface area (Å²) in [5.41, 5.74) is 5.84. The van der Waals surface area contributed by atoms with Crippen LogP contribution in [0.1, 0.15) is 0 Å². The molecule has 11 nitrogen and oxygen atoms in total. The Kier molecular flexibility index (Phi) is 8.97. The van der Waals surface area contributed by atoms with Gasteiger partial charge in [0.1, 0.15) is 42.7 Å². The lowest BCUT2D eigenvalue weighted by atomic mass is 9.96. The summed E-state index contributed by atoms with van der Waals surface area (Å²) in [5.74, 6) is 0. The van der Waals surface area contributed by atoms with Crippen molar-refractivity contribution in [2.24, 2.45) is 5.73 Å². The lowest BCUT2D eigenvalue weighted by molar-refractivity contribution is -0.345. The highest BCUT2D eigenvalue weighted by Crippen LogP contribution is 2.29. The largest absolute Gasteiger partial charge is 0.394 e. The molecule has 0 amide bonds. The molecule has 2 saturated heterocycles. The standard InChI is InChI=1S/C17H35NO10Si/c1-29(2,3)5-4-25-17-14(24)13(23)15(9(7-20)27-17)28-16-10(18)12(22)11(21)8(6-19)26-16/h8-17,19-24H,4-7,18H2,1-3H3/t8-,9-,10-,11+,12-,13-,14-,15+,16-,17-/m1/s1. The molecule has 0 aromatic rings. The van der Waals surface area contributed by atoms with Crippen molar-refractivity contribution in [3.8, 4) is 0 Å². The molecule has 0 aromatic heterocycles. The van der Waals surface area contributed by atoms with E-state index in [-0.39, 0.29) is 0 Å². The molecule has 0 unspecified atom stereocenters. The van der Waals surface area contributed by atoms with E-state index in [2.05, 4.69) is 19.6 Å². The number of ether oxygens (including phenoxy) is 4. The minimum absolute atomic E-state index is 0.340. The number of aliphatic hydroxyl groups excluding tert-OH is 6. The second kappa shape index (κ2) is 10.4. The van der Waals surface area contributed by atoms with Gasteiger partial charge in [0.05, 0.1) is 19.3 Å². The summed E-state index contributed by atoms with van der Waals surface area (Å²) in [6.45, 7) is 5.71. The summed E-state index contributed by atoms with van der Waals surface area (Å²) >= 11 is 0. The van der Waals surface area contributed by atoms with Crippen molar-refractivity contribution in [3.63, 3.8) is 0 Å². The minimum Gasteiger partial charge on any atom is -0.394 e. The highest BCUT2D eigenvalue weighted by atomic mass is 28.3. The smallest absolute Gasteiger partial charge is 0.186 e. The van der Waals surface area contributed by atoms with E-state index in [0.717, 1.165) is 6.04 Å². The van der Waals surface area contributed by atoms with Crippen LogP contribution in [0.2, 0.25) is 25.7 Å². The van der Waals surface area contributed by atoms with Gasteiger partial charge in [-0.15, -0.1) is 0 Å². The maximum absolute atomic E-state index is 10.5. The molecule has 172 valence electrons. The molecule has 2 rings (SSSR count). The predicted molar refractivity (Wildman–Crippen MR) is 102 cm³/mol. The van der Waals surface area contributed by atoms with Crippen molar-refractivity contribution in [1.82, 2.24) is 0 Å². The van der Waals surface area contributed by atoms with Crippen LogP contribution in [0.15, 0.2) is 0 Å². The van der Waals surface area contributed by atoms with Crippen LogP contribution in [0.25, 0.3) is 0 Å². The summed E-state index contributed by atoms with van der Waals surface area (Å²) in [7, 11) is -1.37. The van der Waals surface area contributed by atoms with Crippen molar-refractivity contribution >= 4 is 8.07 Å². The zero-order valence-corrected chi connectivity index (χ0v) is 18.0. The van der Waals surface area contributed by atoms with Crippen LogP contribution in [0.3, 0.4) is 0 Å². The monoisotopic (exact) mass is 441 g/mol. The van der Waals surface area contributed by atoms with Crippen LogP contribution >= 0.6 is 0 Å². The fourth-order valence-electron chi connectivity index (χ4n) is 3.22. The average molecular weight is 442 g/mol. The van der Waals surface area contributed by atoms with Crippen molar-refractivity contribution in [3.05, 3.63) is 0 Å². The lowest BCUT2D eigenvalue weighted by Gasteiger charge is -2.46. The van der Waals surface area contributed by atoms with Crippen molar-refractivity contribution in [2.75, 3.05) is 19.8 Å². The van der Waals surface area contributed by atoms with Gasteiger partial charge in [0.2, 0.25) is 0 Å². The van der Waals surface area contributed by atoms with E-state index >= 15 is 0 Å². The fourth-order valence-corrected chi connectivity index (χ4v) is 3.95. The SMILES string of the molecule is C[Si](C)(C)CCO[C@@H]1O[C@H](CO)[C@H](O[C@H]2O[C@H](CO)[C@H](O)[C@H](O)[C@H]2N)[C@H](O)[C@H]1O. The third kappa shape index (κ3) is 6.15. The molecule has 0 aliphatic carbocycles. The van der Waals surface area contributed by atoms with Gasteiger partial charge in [-0.1, -0.05) is 19.6 Å². The molecule has 0 radical (unpaired) electrons. The fraction of sp³-hybridized carbons (Fsp3) is 1.00. The van der Waals surface area contributed by atoms with Crippen LogP contribution in [0, 0.1) is 0 Å². The third-order valence-corrected chi connectivity index (χ3v) is 6.88. The molecular weight excluding hydrogens is 406 g/mol. The Balaban J connectivity index is 2.03. The Hall–Kier alpha value is -0.223. The number of nitrogens with two attached hydrogens (primary N) is 1. The van der Waals surface area contributed by atoms with Gasteiger partial charge in [0, 0.05) is 14.7 Å². The van der Waals surface area contributed by atoms with Gasteiger partial charge in [0.25, 0.3) is 0 Å². The molecule has 2 fully saturated rings. The van der Waals surface area contributed by atoms with Gasteiger partial charge < -0.3 is 55.3 Å². The molecule has 12 heteroatoms. The van der Waals surface area contributed by atoms with Gasteiger partial charge in [-0.2, -0.15) is 0 Å².